The molecule has 1 aromatic rings. The van der Waals surface area contributed by atoms with Crippen molar-refractivity contribution in [2.75, 3.05) is 39.7 Å². The molecule has 0 radical (unpaired) electrons. The van der Waals surface area contributed by atoms with Crippen LogP contribution < -0.4 is 14.8 Å². The fourth-order valence-electron chi connectivity index (χ4n) is 2.95. The van der Waals surface area contributed by atoms with Gasteiger partial charge in [-0.25, -0.2) is 0 Å². The summed E-state index contributed by atoms with van der Waals surface area (Å²) in [6, 6.07) is 4.07. The van der Waals surface area contributed by atoms with Crippen LogP contribution in [0.15, 0.2) is 12.1 Å². The Bertz CT molecular complexity index is 482. The molecule has 2 rings (SSSR count). The second kappa shape index (κ2) is 7.23. The van der Waals surface area contributed by atoms with E-state index in [-0.39, 0.29) is 0 Å². The summed E-state index contributed by atoms with van der Waals surface area (Å²) in [5.41, 5.74) is 0.930. The lowest BCUT2D eigenvalue weighted by atomic mass is 9.91. The van der Waals surface area contributed by atoms with Gasteiger partial charge in [-0.15, -0.1) is 0 Å². The topological polar surface area (TPSA) is 33.7 Å². The molecule has 1 N–H and O–H groups in total. The quantitative estimate of drug-likeness (QED) is 0.902. The predicted octanol–water partition coefficient (Wildman–Crippen LogP) is 3.50. The molecule has 4 nitrogen and oxygen atoms in total. The third kappa shape index (κ3) is 3.95. The van der Waals surface area contributed by atoms with Gasteiger partial charge in [0.1, 0.15) is 11.5 Å². The van der Waals surface area contributed by atoms with Crippen molar-refractivity contribution in [3.63, 3.8) is 0 Å². The summed E-state index contributed by atoms with van der Waals surface area (Å²) < 4.78 is 10.7. The Hall–Kier alpha value is -1.13. The number of hydrogen-bond donors (Lipinski definition) is 1. The summed E-state index contributed by atoms with van der Waals surface area (Å²) in [7, 11) is 5.46. The Morgan fingerprint density at radius 3 is 2.62 bits per heavy atom. The van der Waals surface area contributed by atoms with Crippen molar-refractivity contribution in [2.45, 2.75) is 25.8 Å². The molecule has 1 aromatic carbocycles. The molecule has 2 unspecified atom stereocenters. The Labute approximate surface area is 132 Å². The zero-order valence-corrected chi connectivity index (χ0v) is 14.0. The molecule has 1 aliphatic rings. The van der Waals surface area contributed by atoms with E-state index in [0.29, 0.717) is 22.7 Å². The summed E-state index contributed by atoms with van der Waals surface area (Å²) >= 11 is 6.15. The van der Waals surface area contributed by atoms with Crippen LogP contribution in [0, 0.1) is 5.92 Å². The van der Waals surface area contributed by atoms with Gasteiger partial charge >= 0.3 is 0 Å². The number of halogens is 1. The van der Waals surface area contributed by atoms with Gasteiger partial charge in [0.05, 0.1) is 24.9 Å². The van der Waals surface area contributed by atoms with Crippen LogP contribution >= 0.6 is 11.6 Å². The van der Waals surface area contributed by atoms with Crippen LogP contribution in [0.2, 0.25) is 5.02 Å². The number of methoxy groups -OCH3 is 2. The molecule has 0 saturated carbocycles. The van der Waals surface area contributed by atoms with E-state index in [1.54, 1.807) is 20.3 Å². The van der Waals surface area contributed by atoms with Crippen LogP contribution in [0.5, 0.6) is 11.5 Å². The largest absolute Gasteiger partial charge is 0.495 e. The second-order valence-corrected chi connectivity index (χ2v) is 6.19. The van der Waals surface area contributed by atoms with Crippen molar-refractivity contribution in [1.29, 1.82) is 0 Å². The number of likely N-dealkylation sites (tertiary alicyclic amines) is 1. The van der Waals surface area contributed by atoms with Crippen LogP contribution in [0.4, 0.5) is 5.69 Å². The first-order valence-electron chi connectivity index (χ1n) is 7.41. The maximum Gasteiger partial charge on any atom is 0.143 e. The molecule has 0 amide bonds. The fourth-order valence-corrected chi connectivity index (χ4v) is 3.18. The van der Waals surface area contributed by atoms with Gasteiger partial charge in [-0.3, -0.25) is 0 Å². The highest BCUT2D eigenvalue weighted by Crippen LogP contribution is 2.37. The van der Waals surface area contributed by atoms with Crippen LogP contribution in [0.25, 0.3) is 0 Å². The minimum absolute atomic E-state index is 0.368. The van der Waals surface area contributed by atoms with E-state index >= 15 is 0 Å². The molecule has 1 fully saturated rings. The molecule has 21 heavy (non-hydrogen) atoms. The van der Waals surface area contributed by atoms with E-state index in [1.807, 2.05) is 6.07 Å². The van der Waals surface area contributed by atoms with E-state index in [4.69, 9.17) is 21.1 Å². The number of benzene rings is 1. The number of ether oxygens (including phenoxy) is 2. The van der Waals surface area contributed by atoms with Gasteiger partial charge < -0.3 is 19.7 Å². The maximum atomic E-state index is 6.15. The van der Waals surface area contributed by atoms with Crippen LogP contribution in [-0.2, 0) is 0 Å². The molecule has 0 bridgehead atoms. The zero-order valence-electron chi connectivity index (χ0n) is 13.3. The van der Waals surface area contributed by atoms with Gasteiger partial charge in [-0.2, -0.15) is 0 Å². The second-order valence-electron chi connectivity index (χ2n) is 5.78. The Kier molecular flexibility index (Phi) is 5.59. The smallest absolute Gasteiger partial charge is 0.143 e. The summed E-state index contributed by atoms with van der Waals surface area (Å²) in [5.74, 6) is 2.04. The Balaban J connectivity index is 2.13. The molecular weight excluding hydrogens is 288 g/mol. The van der Waals surface area contributed by atoms with Gasteiger partial charge in [0.25, 0.3) is 0 Å². The first-order chi connectivity index (χ1) is 10.0. The number of nitrogens with one attached hydrogen (secondary N) is 1. The minimum atomic E-state index is 0.368. The minimum Gasteiger partial charge on any atom is -0.495 e. The van der Waals surface area contributed by atoms with Crippen LogP contribution in [0.1, 0.15) is 19.8 Å². The molecule has 2 atom stereocenters. The third-order valence-corrected chi connectivity index (χ3v) is 4.52. The molecule has 0 spiro atoms. The van der Waals surface area contributed by atoms with Crippen molar-refractivity contribution >= 4 is 17.3 Å². The highest BCUT2D eigenvalue weighted by molar-refractivity contribution is 6.32. The first-order valence-corrected chi connectivity index (χ1v) is 7.79. The average molecular weight is 313 g/mol. The molecule has 118 valence electrons. The lowest BCUT2D eigenvalue weighted by Crippen LogP contribution is -2.39. The number of rotatable bonds is 5. The van der Waals surface area contributed by atoms with Gasteiger partial charge in [-0.1, -0.05) is 11.6 Å². The molecule has 0 aromatic heterocycles. The lowest BCUT2D eigenvalue weighted by molar-refractivity contribution is 0.197. The van der Waals surface area contributed by atoms with Gasteiger partial charge in [0, 0.05) is 24.7 Å². The van der Waals surface area contributed by atoms with Crippen molar-refractivity contribution in [3.05, 3.63) is 17.2 Å². The fraction of sp³-hybridized carbons (Fsp3) is 0.625. The van der Waals surface area contributed by atoms with Crippen molar-refractivity contribution in [1.82, 2.24) is 4.90 Å². The van der Waals surface area contributed by atoms with E-state index < -0.39 is 0 Å². The maximum absolute atomic E-state index is 6.15. The van der Waals surface area contributed by atoms with E-state index in [2.05, 4.69) is 24.2 Å². The number of anilines is 1. The van der Waals surface area contributed by atoms with Gasteiger partial charge in [-0.05, 0) is 39.3 Å². The number of nitrogens with zero attached hydrogens (tertiary/aromatic N) is 1. The standard InChI is InChI=1S/C16H25ClN2O2/c1-11(12-6-5-7-19(2)10-12)18-14-9-15(20-3)13(17)8-16(14)21-4/h8-9,11-12,18H,5-7,10H2,1-4H3. The summed E-state index contributed by atoms with van der Waals surface area (Å²) in [5, 5.41) is 4.12. The first kappa shape index (κ1) is 16.2. The number of hydrogen-bond acceptors (Lipinski definition) is 4. The lowest BCUT2D eigenvalue weighted by Gasteiger charge is -2.34. The van der Waals surface area contributed by atoms with E-state index in [1.165, 1.54) is 19.4 Å². The monoisotopic (exact) mass is 312 g/mol. The van der Waals surface area contributed by atoms with Crippen molar-refractivity contribution in [2.24, 2.45) is 5.92 Å². The Morgan fingerprint density at radius 1 is 1.29 bits per heavy atom. The average Bonchev–Trinajstić information content (AvgIpc) is 2.48. The molecule has 5 heteroatoms. The van der Waals surface area contributed by atoms with Crippen LogP contribution in [0.3, 0.4) is 0 Å². The van der Waals surface area contributed by atoms with Crippen molar-refractivity contribution in [3.8, 4) is 11.5 Å². The summed E-state index contributed by atoms with van der Waals surface area (Å²) in [6.07, 6.45) is 2.51. The highest BCUT2D eigenvalue weighted by Gasteiger charge is 2.23. The highest BCUT2D eigenvalue weighted by atomic mass is 35.5. The Morgan fingerprint density at radius 2 is 2.00 bits per heavy atom. The SMILES string of the molecule is COc1cc(NC(C)C2CCCN(C)C2)c(OC)cc1Cl. The van der Waals surface area contributed by atoms with Gasteiger partial charge in [0.15, 0.2) is 0 Å². The molecule has 1 aliphatic heterocycles. The van der Waals surface area contributed by atoms with E-state index in [0.717, 1.165) is 18.0 Å². The van der Waals surface area contributed by atoms with Crippen LogP contribution in [-0.4, -0.2) is 45.3 Å². The summed E-state index contributed by atoms with van der Waals surface area (Å²) in [6.45, 7) is 4.55. The summed E-state index contributed by atoms with van der Waals surface area (Å²) in [4.78, 5) is 2.39. The van der Waals surface area contributed by atoms with E-state index in [9.17, 15) is 0 Å². The molecular formula is C16H25ClN2O2. The molecule has 1 heterocycles. The third-order valence-electron chi connectivity index (χ3n) is 4.23. The van der Waals surface area contributed by atoms with Crippen molar-refractivity contribution < 1.29 is 9.47 Å². The predicted molar refractivity (Wildman–Crippen MR) is 87.9 cm³/mol. The zero-order chi connectivity index (χ0) is 15.4. The van der Waals surface area contributed by atoms with Gasteiger partial charge in [0.2, 0.25) is 0 Å². The molecule has 0 aliphatic carbocycles. The molecule has 1 saturated heterocycles. The number of piperidine rings is 1. The normalized spacial score (nSPS) is 20.9.